The predicted octanol–water partition coefficient (Wildman–Crippen LogP) is 2.80. The summed E-state index contributed by atoms with van der Waals surface area (Å²) in [5, 5.41) is 7.12. The Morgan fingerprint density at radius 2 is 2.10 bits per heavy atom. The standard InChI is InChI=1S/C23H26N6O/c1-4-8-18-19(23(30)28-15(3)16-9-6-5-7-10-16)20-21(24)26-13-27-22(20)29(18)17-11-14(2)25-12-17/h5-7,9-10,13-15,17,25H,11-12H2,1-3H3,(H,28,30)(H2,24,26,27)/t14-,15+,17+/m0/s1. The number of nitrogens with two attached hydrogens (primary N) is 1. The van der Waals surface area contributed by atoms with Crippen molar-refractivity contribution in [2.75, 3.05) is 12.3 Å². The summed E-state index contributed by atoms with van der Waals surface area (Å²) in [7, 11) is 0. The second-order valence-electron chi connectivity index (χ2n) is 7.73. The first-order chi connectivity index (χ1) is 14.5. The van der Waals surface area contributed by atoms with Gasteiger partial charge in [0, 0.05) is 12.6 Å². The highest BCUT2D eigenvalue weighted by atomic mass is 16.1. The highest BCUT2D eigenvalue weighted by molar-refractivity contribution is 6.11. The van der Waals surface area contributed by atoms with Crippen molar-refractivity contribution in [3.05, 3.63) is 53.5 Å². The van der Waals surface area contributed by atoms with Gasteiger partial charge in [-0.3, -0.25) is 4.79 Å². The number of nitrogens with zero attached hydrogens (tertiary/aromatic N) is 3. The van der Waals surface area contributed by atoms with E-state index >= 15 is 0 Å². The van der Waals surface area contributed by atoms with Crippen LogP contribution >= 0.6 is 0 Å². The fraction of sp³-hybridized carbons (Fsp3) is 0.348. The van der Waals surface area contributed by atoms with E-state index < -0.39 is 0 Å². The molecule has 0 saturated carbocycles. The quantitative estimate of drug-likeness (QED) is 0.583. The predicted molar refractivity (Wildman–Crippen MR) is 118 cm³/mol. The first kappa shape index (κ1) is 19.9. The fourth-order valence-electron chi connectivity index (χ4n) is 4.18. The number of nitrogens with one attached hydrogen (secondary N) is 2. The molecule has 0 radical (unpaired) electrons. The molecule has 4 N–H and O–H groups in total. The zero-order chi connectivity index (χ0) is 21.3. The largest absolute Gasteiger partial charge is 0.383 e. The summed E-state index contributed by atoms with van der Waals surface area (Å²) in [5.41, 5.74) is 8.99. The summed E-state index contributed by atoms with van der Waals surface area (Å²) in [6.07, 6.45) is 2.37. The number of carbonyl (C=O) groups is 1. The van der Waals surface area contributed by atoms with Gasteiger partial charge >= 0.3 is 0 Å². The molecule has 0 aliphatic carbocycles. The number of hydrogen-bond acceptors (Lipinski definition) is 5. The number of carbonyl (C=O) groups excluding carboxylic acids is 1. The Morgan fingerprint density at radius 3 is 2.77 bits per heavy atom. The molecule has 3 heterocycles. The monoisotopic (exact) mass is 402 g/mol. The molecule has 1 aliphatic rings. The van der Waals surface area contributed by atoms with Crippen LogP contribution in [-0.4, -0.2) is 33.0 Å². The Balaban J connectivity index is 1.85. The summed E-state index contributed by atoms with van der Waals surface area (Å²) in [4.78, 5) is 22.1. The Kier molecular flexibility index (Phi) is 5.42. The van der Waals surface area contributed by atoms with E-state index in [1.54, 1.807) is 6.92 Å². The maximum absolute atomic E-state index is 13.5. The Morgan fingerprint density at radius 1 is 1.33 bits per heavy atom. The lowest BCUT2D eigenvalue weighted by molar-refractivity contribution is 0.0941. The average Bonchev–Trinajstić information content (AvgIpc) is 3.30. The third-order valence-corrected chi connectivity index (χ3v) is 5.62. The number of amides is 1. The smallest absolute Gasteiger partial charge is 0.255 e. The number of benzene rings is 1. The molecule has 7 heteroatoms. The van der Waals surface area contributed by atoms with Gasteiger partial charge in [-0.05, 0) is 38.7 Å². The SMILES string of the molecule is CC#Cc1c(C(=O)N[C@H](C)c2ccccc2)c2c(N)ncnc2n1[C@H]1CN[C@@H](C)C1. The van der Waals surface area contributed by atoms with Crippen LogP contribution in [0.1, 0.15) is 60.9 Å². The summed E-state index contributed by atoms with van der Waals surface area (Å²) >= 11 is 0. The summed E-state index contributed by atoms with van der Waals surface area (Å²) < 4.78 is 2.06. The number of anilines is 1. The van der Waals surface area contributed by atoms with E-state index in [0.29, 0.717) is 28.3 Å². The van der Waals surface area contributed by atoms with E-state index in [1.807, 2.05) is 37.3 Å². The molecule has 1 aromatic carbocycles. The van der Waals surface area contributed by atoms with Crippen molar-refractivity contribution in [1.29, 1.82) is 0 Å². The highest BCUT2D eigenvalue weighted by Crippen LogP contribution is 2.34. The van der Waals surface area contributed by atoms with Gasteiger partial charge in [0.25, 0.3) is 5.91 Å². The molecular weight excluding hydrogens is 376 g/mol. The van der Waals surface area contributed by atoms with Gasteiger partial charge in [-0.15, -0.1) is 0 Å². The molecular formula is C23H26N6O. The second-order valence-corrected chi connectivity index (χ2v) is 7.73. The molecule has 0 bridgehead atoms. The van der Waals surface area contributed by atoms with Gasteiger partial charge in [0.2, 0.25) is 0 Å². The molecule has 1 saturated heterocycles. The van der Waals surface area contributed by atoms with E-state index in [-0.39, 0.29) is 23.8 Å². The number of aromatic nitrogens is 3. The second kappa shape index (κ2) is 8.17. The molecule has 154 valence electrons. The van der Waals surface area contributed by atoms with Crippen molar-refractivity contribution in [1.82, 2.24) is 25.2 Å². The minimum Gasteiger partial charge on any atom is -0.383 e. The molecule has 0 unspecified atom stereocenters. The van der Waals surface area contributed by atoms with Gasteiger partial charge in [-0.1, -0.05) is 36.3 Å². The van der Waals surface area contributed by atoms with Gasteiger partial charge < -0.3 is 20.9 Å². The molecule has 2 aromatic heterocycles. The van der Waals surface area contributed by atoms with Gasteiger partial charge in [0.05, 0.1) is 23.0 Å². The van der Waals surface area contributed by atoms with Crippen molar-refractivity contribution in [3.8, 4) is 11.8 Å². The van der Waals surface area contributed by atoms with Crippen LogP contribution in [0.3, 0.4) is 0 Å². The molecule has 3 aromatic rings. The topological polar surface area (TPSA) is 97.9 Å². The Bertz CT molecular complexity index is 1140. The van der Waals surface area contributed by atoms with Crippen LogP contribution in [0.5, 0.6) is 0 Å². The lowest BCUT2D eigenvalue weighted by atomic mass is 10.1. The third kappa shape index (κ3) is 3.51. The number of rotatable bonds is 4. The van der Waals surface area contributed by atoms with Crippen molar-refractivity contribution in [3.63, 3.8) is 0 Å². The summed E-state index contributed by atoms with van der Waals surface area (Å²) in [6, 6.07) is 10.2. The zero-order valence-electron chi connectivity index (χ0n) is 17.4. The number of nitrogen functional groups attached to an aromatic ring is 1. The van der Waals surface area contributed by atoms with Gasteiger partial charge in [0.1, 0.15) is 23.5 Å². The minimum atomic E-state index is -0.228. The normalized spacial score (nSPS) is 19.3. The number of fused-ring (bicyclic) bond motifs is 1. The molecule has 30 heavy (non-hydrogen) atoms. The molecule has 0 spiro atoms. The van der Waals surface area contributed by atoms with Crippen molar-refractivity contribution < 1.29 is 4.79 Å². The summed E-state index contributed by atoms with van der Waals surface area (Å²) in [5.74, 6) is 6.17. The molecule has 1 amide bonds. The van der Waals surface area contributed by atoms with Crippen LogP contribution in [0.4, 0.5) is 5.82 Å². The maximum atomic E-state index is 13.5. The van der Waals surface area contributed by atoms with Gasteiger partial charge in [-0.2, -0.15) is 0 Å². The Labute approximate surface area is 176 Å². The molecule has 1 fully saturated rings. The van der Waals surface area contributed by atoms with E-state index in [0.717, 1.165) is 18.5 Å². The highest BCUT2D eigenvalue weighted by Gasteiger charge is 2.31. The summed E-state index contributed by atoms with van der Waals surface area (Å²) in [6.45, 7) is 6.66. The van der Waals surface area contributed by atoms with E-state index in [9.17, 15) is 4.79 Å². The van der Waals surface area contributed by atoms with Crippen molar-refractivity contribution in [2.45, 2.75) is 45.3 Å². The van der Waals surface area contributed by atoms with E-state index in [1.165, 1.54) is 6.33 Å². The maximum Gasteiger partial charge on any atom is 0.255 e. The van der Waals surface area contributed by atoms with Gasteiger partial charge in [0.15, 0.2) is 0 Å². The molecule has 7 nitrogen and oxygen atoms in total. The van der Waals surface area contributed by atoms with Crippen LogP contribution in [0.15, 0.2) is 36.7 Å². The molecule has 4 rings (SSSR count). The number of hydrogen-bond donors (Lipinski definition) is 3. The van der Waals surface area contributed by atoms with Gasteiger partial charge in [-0.25, -0.2) is 9.97 Å². The van der Waals surface area contributed by atoms with E-state index in [2.05, 4.69) is 43.9 Å². The van der Waals surface area contributed by atoms with Crippen LogP contribution in [0.25, 0.3) is 11.0 Å². The first-order valence-electron chi connectivity index (χ1n) is 10.2. The lowest BCUT2D eigenvalue weighted by Crippen LogP contribution is -2.27. The minimum absolute atomic E-state index is 0.140. The average molecular weight is 403 g/mol. The van der Waals surface area contributed by atoms with Crippen molar-refractivity contribution in [2.24, 2.45) is 0 Å². The molecule has 3 atom stereocenters. The van der Waals surface area contributed by atoms with Crippen LogP contribution in [0, 0.1) is 11.8 Å². The molecule has 1 aliphatic heterocycles. The van der Waals surface area contributed by atoms with E-state index in [4.69, 9.17) is 5.73 Å². The first-order valence-corrected chi connectivity index (χ1v) is 10.2. The fourth-order valence-corrected chi connectivity index (χ4v) is 4.18. The Hall–Kier alpha value is -3.37. The zero-order valence-corrected chi connectivity index (χ0v) is 17.4. The van der Waals surface area contributed by atoms with Crippen LogP contribution in [0.2, 0.25) is 0 Å². The van der Waals surface area contributed by atoms with Crippen molar-refractivity contribution >= 4 is 22.8 Å². The third-order valence-electron chi connectivity index (χ3n) is 5.62. The van der Waals surface area contributed by atoms with Crippen LogP contribution in [-0.2, 0) is 0 Å². The lowest BCUT2D eigenvalue weighted by Gasteiger charge is -2.16. The van der Waals surface area contributed by atoms with Crippen LogP contribution < -0.4 is 16.4 Å².